The van der Waals surface area contributed by atoms with Gasteiger partial charge in [0.1, 0.15) is 12.6 Å². The number of aldehydes is 2. The molecule has 0 saturated heterocycles. The van der Waals surface area contributed by atoms with Crippen molar-refractivity contribution in [1.82, 2.24) is 20.9 Å². The minimum atomic E-state index is -0.888. The second-order valence-electron chi connectivity index (χ2n) is 9.38. The van der Waals surface area contributed by atoms with Gasteiger partial charge in [-0.25, -0.2) is 0 Å². The zero-order valence-corrected chi connectivity index (χ0v) is 26.8. The Bertz CT molecular complexity index is 640. The van der Waals surface area contributed by atoms with E-state index in [2.05, 4.69) is 57.5 Å². The number of likely N-dealkylation sites (N-methyl/N-ethyl adjacent to an activating group) is 1. The molecule has 0 aliphatic rings. The van der Waals surface area contributed by atoms with E-state index in [1.54, 1.807) is 7.05 Å². The number of rotatable bonds is 16. The molecule has 0 radical (unpaired) electrons. The number of hydrogen-bond donors (Lipinski definition) is 5. The first-order valence-corrected chi connectivity index (χ1v) is 14.1. The number of nitrogens with zero attached hydrogens (tertiary/aromatic N) is 1. The van der Waals surface area contributed by atoms with Crippen molar-refractivity contribution < 1.29 is 34.2 Å². The van der Waals surface area contributed by atoms with Crippen molar-refractivity contribution in [3.63, 3.8) is 0 Å². The SMILES string of the molecule is CC.CC(C)CCC(=O)NCCNCC(=O)O.CCC.CN(CCC=O)C(=O)/C=C\C=O.CNC(C)(C)CCO. The molecule has 0 unspecified atom stereocenters. The van der Waals surface area contributed by atoms with Crippen molar-refractivity contribution in [3.8, 4) is 0 Å². The van der Waals surface area contributed by atoms with E-state index in [0.29, 0.717) is 44.7 Å². The van der Waals surface area contributed by atoms with Crippen molar-refractivity contribution in [1.29, 1.82) is 0 Å². The average Bonchev–Trinajstić information content (AvgIpc) is 2.91. The monoisotopic (exact) mass is 576 g/mol. The lowest BCUT2D eigenvalue weighted by atomic mass is 10.0. The highest BCUT2D eigenvalue weighted by Gasteiger charge is 2.12. The molecule has 2 amide bonds. The summed E-state index contributed by atoms with van der Waals surface area (Å²) in [5.74, 6) is -0.605. The fourth-order valence-electron chi connectivity index (χ4n) is 2.00. The molecule has 0 aromatic rings. The molecule has 11 heteroatoms. The lowest BCUT2D eigenvalue weighted by Gasteiger charge is -2.21. The molecule has 0 aliphatic carbocycles. The van der Waals surface area contributed by atoms with Crippen molar-refractivity contribution >= 4 is 30.4 Å². The summed E-state index contributed by atoms with van der Waals surface area (Å²) >= 11 is 0. The first kappa shape index (κ1) is 47.2. The molecule has 0 heterocycles. The summed E-state index contributed by atoms with van der Waals surface area (Å²) in [7, 11) is 3.47. The number of aliphatic hydroxyl groups excluding tert-OH is 1. The molecule has 0 spiro atoms. The fraction of sp³-hybridized carbons (Fsp3) is 0.759. The van der Waals surface area contributed by atoms with Gasteiger partial charge in [-0.05, 0) is 45.7 Å². The van der Waals surface area contributed by atoms with Gasteiger partial charge in [0.05, 0.1) is 6.54 Å². The van der Waals surface area contributed by atoms with Gasteiger partial charge in [-0.2, -0.15) is 0 Å². The van der Waals surface area contributed by atoms with E-state index in [1.807, 2.05) is 20.9 Å². The molecule has 11 nitrogen and oxygen atoms in total. The molecular formula is C29H60N4O7. The summed E-state index contributed by atoms with van der Waals surface area (Å²) in [4.78, 5) is 53.4. The van der Waals surface area contributed by atoms with Crippen LogP contribution < -0.4 is 16.0 Å². The topological polar surface area (TPSA) is 165 Å². The normalized spacial score (nSPS) is 9.80. The second-order valence-corrected chi connectivity index (χ2v) is 9.38. The van der Waals surface area contributed by atoms with Gasteiger partial charge in [0.15, 0.2) is 0 Å². The number of nitrogens with one attached hydrogen (secondary N) is 3. The number of carbonyl (C=O) groups is 5. The van der Waals surface area contributed by atoms with Gasteiger partial charge in [0, 0.05) is 57.7 Å². The van der Waals surface area contributed by atoms with E-state index >= 15 is 0 Å². The molecule has 40 heavy (non-hydrogen) atoms. The highest BCUT2D eigenvalue weighted by Crippen LogP contribution is 2.04. The molecule has 238 valence electrons. The summed E-state index contributed by atoms with van der Waals surface area (Å²) in [5.41, 5.74) is 0.0920. The summed E-state index contributed by atoms with van der Waals surface area (Å²) in [6.07, 6.45) is 7.36. The van der Waals surface area contributed by atoms with Gasteiger partial charge in [-0.3, -0.25) is 19.2 Å². The van der Waals surface area contributed by atoms with Crippen molar-refractivity contribution in [2.24, 2.45) is 5.92 Å². The van der Waals surface area contributed by atoms with Crippen molar-refractivity contribution in [2.75, 3.05) is 46.9 Å². The van der Waals surface area contributed by atoms with E-state index in [4.69, 9.17) is 10.2 Å². The smallest absolute Gasteiger partial charge is 0.317 e. The maximum Gasteiger partial charge on any atom is 0.317 e. The van der Waals surface area contributed by atoms with Crippen LogP contribution in [0.4, 0.5) is 0 Å². The maximum atomic E-state index is 11.2. The largest absolute Gasteiger partial charge is 0.480 e. The van der Waals surface area contributed by atoms with Crippen LogP contribution in [0.2, 0.25) is 0 Å². The van der Waals surface area contributed by atoms with E-state index < -0.39 is 5.97 Å². The maximum absolute atomic E-state index is 11.2. The number of carboxylic acids is 1. The van der Waals surface area contributed by atoms with E-state index in [9.17, 15) is 24.0 Å². The Kier molecular flexibility index (Phi) is 42.9. The number of aliphatic hydroxyl groups is 1. The van der Waals surface area contributed by atoms with Gasteiger partial charge in [-0.15, -0.1) is 0 Å². The minimum Gasteiger partial charge on any atom is -0.480 e. The zero-order valence-electron chi connectivity index (χ0n) is 26.8. The molecule has 0 aliphatic heterocycles. The molecule has 5 N–H and O–H groups in total. The number of aliphatic carboxylic acids is 1. The molecule has 0 bridgehead atoms. The highest BCUT2D eigenvalue weighted by atomic mass is 16.4. The third-order valence-corrected chi connectivity index (χ3v) is 4.54. The van der Waals surface area contributed by atoms with Crippen LogP contribution in [0.5, 0.6) is 0 Å². The molecule has 0 fully saturated rings. The summed E-state index contributed by atoms with van der Waals surface area (Å²) < 4.78 is 0. The zero-order chi connectivity index (χ0) is 32.4. The van der Waals surface area contributed by atoms with Crippen LogP contribution in [0.15, 0.2) is 12.2 Å². The predicted octanol–water partition coefficient (Wildman–Crippen LogP) is 2.81. The van der Waals surface area contributed by atoms with Gasteiger partial charge in [0.2, 0.25) is 11.8 Å². The first-order chi connectivity index (χ1) is 18.8. The van der Waals surface area contributed by atoms with Crippen molar-refractivity contribution in [2.45, 2.75) is 93.0 Å². The molecular weight excluding hydrogens is 516 g/mol. The Morgan fingerprint density at radius 3 is 1.98 bits per heavy atom. The Hall–Kier alpha value is -2.63. The first-order valence-electron chi connectivity index (χ1n) is 14.1. The summed E-state index contributed by atoms with van der Waals surface area (Å²) in [6, 6.07) is 0. The van der Waals surface area contributed by atoms with Crippen LogP contribution in [0, 0.1) is 5.92 Å². The molecule has 0 aromatic heterocycles. The summed E-state index contributed by atoms with van der Waals surface area (Å²) in [6.45, 7) is 18.0. The van der Waals surface area contributed by atoms with Crippen LogP contribution in [-0.2, 0) is 24.0 Å². The van der Waals surface area contributed by atoms with Crippen LogP contribution in [0.1, 0.15) is 87.5 Å². The van der Waals surface area contributed by atoms with Crippen molar-refractivity contribution in [3.05, 3.63) is 12.2 Å². The fourth-order valence-corrected chi connectivity index (χ4v) is 2.00. The van der Waals surface area contributed by atoms with Crippen LogP contribution in [0.25, 0.3) is 0 Å². The van der Waals surface area contributed by atoms with Crippen LogP contribution in [0.3, 0.4) is 0 Å². The molecule has 0 aromatic carbocycles. The number of allylic oxidation sites excluding steroid dienone is 1. The molecule has 0 saturated carbocycles. The Morgan fingerprint density at radius 1 is 1.05 bits per heavy atom. The average molecular weight is 577 g/mol. The number of hydrogen-bond acceptors (Lipinski definition) is 8. The third-order valence-electron chi connectivity index (χ3n) is 4.54. The van der Waals surface area contributed by atoms with Crippen LogP contribution in [-0.4, -0.2) is 97.9 Å². The standard InChI is InChI=1S/C10H20N2O3.C8H11NO3.C6H15NO.C3H8.C2H6/c1-8(2)3-4-9(13)12-6-5-11-7-10(14)15;1-9(5-3-7-11)8(12)4-2-6-10;1-6(2,7-3)4-5-8;1-3-2;1-2/h8,11H,3-7H2,1-2H3,(H,12,13)(H,14,15);2,4,6-7H,3,5H2,1H3;7-8H,4-5H2,1-3H3;3H2,1-2H3;1-2H3/b;4-2-;;;. The molecule has 0 rings (SSSR count). The number of amides is 2. The summed E-state index contributed by atoms with van der Waals surface area (Å²) in [5, 5.41) is 25.3. The van der Waals surface area contributed by atoms with E-state index in [0.717, 1.165) is 31.3 Å². The van der Waals surface area contributed by atoms with E-state index in [-0.39, 0.29) is 30.5 Å². The lowest BCUT2D eigenvalue weighted by molar-refractivity contribution is -0.136. The lowest BCUT2D eigenvalue weighted by Crippen LogP contribution is -2.36. The van der Waals surface area contributed by atoms with Gasteiger partial charge < -0.3 is 35.9 Å². The Balaban J connectivity index is -0.000000146. The third kappa shape index (κ3) is 48.4. The van der Waals surface area contributed by atoms with Gasteiger partial charge in [-0.1, -0.05) is 48.0 Å². The second kappa shape index (κ2) is 36.4. The van der Waals surface area contributed by atoms with E-state index in [1.165, 1.54) is 11.3 Å². The Labute approximate surface area is 243 Å². The van der Waals surface area contributed by atoms with Gasteiger partial charge >= 0.3 is 5.97 Å². The molecule has 0 atom stereocenters. The van der Waals surface area contributed by atoms with Gasteiger partial charge in [0.25, 0.3) is 0 Å². The highest BCUT2D eigenvalue weighted by molar-refractivity contribution is 5.90. The number of carbonyl (C=O) groups excluding carboxylic acids is 4. The predicted molar refractivity (Wildman–Crippen MR) is 163 cm³/mol. The minimum absolute atomic E-state index is 0.0285. The Morgan fingerprint density at radius 2 is 1.60 bits per heavy atom. The van der Waals surface area contributed by atoms with Crippen LogP contribution >= 0.6 is 0 Å². The quantitative estimate of drug-likeness (QED) is 0.105. The number of carboxylic acid groups (broad SMARTS) is 1.